The summed E-state index contributed by atoms with van der Waals surface area (Å²) in [5.74, 6) is 1.89. The van der Waals surface area contributed by atoms with Crippen LogP contribution in [0.3, 0.4) is 0 Å². The number of carbonyl (C=O) groups excluding carboxylic acids is 2. The molecule has 8 aliphatic rings. The summed E-state index contributed by atoms with van der Waals surface area (Å²) in [4.78, 5) is 48.5. The molecular formula is C41H63N3O5. The summed E-state index contributed by atoms with van der Waals surface area (Å²) in [5, 5.41) is 11.6. The first kappa shape index (κ1) is 34.3. The molecule has 5 aliphatic carbocycles. The molecule has 11 atom stereocenters. The second kappa shape index (κ2) is 12.7. The highest BCUT2D eigenvalue weighted by atomic mass is 16.5. The molecule has 3 heterocycles. The van der Waals surface area contributed by atoms with Gasteiger partial charge in [-0.15, -0.1) is 0 Å². The van der Waals surface area contributed by atoms with Crippen molar-refractivity contribution in [3.63, 3.8) is 0 Å². The van der Waals surface area contributed by atoms with E-state index in [9.17, 15) is 19.5 Å². The van der Waals surface area contributed by atoms with Gasteiger partial charge in [-0.3, -0.25) is 14.5 Å². The largest absolute Gasteiger partial charge is 0.481 e. The highest BCUT2D eigenvalue weighted by molar-refractivity contribution is 5.90. The van der Waals surface area contributed by atoms with Crippen LogP contribution in [-0.4, -0.2) is 103 Å². The monoisotopic (exact) mass is 677 g/mol. The number of aldehydes is 1. The summed E-state index contributed by atoms with van der Waals surface area (Å²) in [6.07, 6.45) is 16.2. The Kier molecular flexibility index (Phi) is 8.91. The molecule has 0 aromatic rings. The molecule has 0 aromatic heterocycles. The fourth-order valence-electron chi connectivity index (χ4n) is 14.1. The zero-order valence-corrected chi connectivity index (χ0v) is 30.8. The van der Waals surface area contributed by atoms with Crippen LogP contribution in [0.4, 0.5) is 0 Å². The predicted molar refractivity (Wildman–Crippen MR) is 189 cm³/mol. The first-order valence-electron chi connectivity index (χ1n) is 20.3. The number of fused-ring (bicyclic) bond motifs is 2. The maximum absolute atomic E-state index is 14.2. The number of allylic oxidation sites excluding steroid dienone is 1. The van der Waals surface area contributed by atoms with E-state index < -0.39 is 22.2 Å². The highest BCUT2D eigenvalue weighted by Gasteiger charge is 2.86. The molecule has 7 unspecified atom stereocenters. The van der Waals surface area contributed by atoms with Gasteiger partial charge >= 0.3 is 5.97 Å². The van der Waals surface area contributed by atoms with Gasteiger partial charge in [0, 0.05) is 44.7 Å². The third-order valence-electron chi connectivity index (χ3n) is 16.2. The number of ether oxygens (including phenoxy) is 1. The van der Waals surface area contributed by atoms with Crippen molar-refractivity contribution in [1.29, 1.82) is 0 Å². The van der Waals surface area contributed by atoms with Crippen LogP contribution in [0.2, 0.25) is 0 Å². The SMILES string of the molecule is CC(C)C1=CC2CC3(C=O)[C@@H]4CC[C@@H](C)[C@H]4CC2(C2CC(CC4CCCC4)C(CN4CCCC(C(=O)N5CCN(C)CC5)C4)O2)[C@]13C(=O)O. The molecule has 0 spiro atoms. The van der Waals surface area contributed by atoms with Crippen LogP contribution in [0.5, 0.6) is 0 Å². The van der Waals surface area contributed by atoms with Crippen LogP contribution in [0, 0.1) is 63.6 Å². The first-order chi connectivity index (χ1) is 23.6. The van der Waals surface area contributed by atoms with Gasteiger partial charge < -0.3 is 24.4 Å². The molecule has 1 amide bonds. The number of nitrogens with zero attached hydrogens (tertiary/aromatic N) is 3. The van der Waals surface area contributed by atoms with Crippen molar-refractivity contribution in [2.75, 3.05) is 52.9 Å². The predicted octanol–water partition coefficient (Wildman–Crippen LogP) is 5.75. The molecule has 8 nitrogen and oxygen atoms in total. The van der Waals surface area contributed by atoms with E-state index in [0.717, 1.165) is 109 Å². The van der Waals surface area contributed by atoms with Gasteiger partial charge in [-0.05, 0) is 100.0 Å². The maximum atomic E-state index is 14.2. The lowest BCUT2D eigenvalue weighted by atomic mass is 9.41. The summed E-state index contributed by atoms with van der Waals surface area (Å²) < 4.78 is 7.47. The van der Waals surface area contributed by atoms with Gasteiger partial charge in [-0.2, -0.15) is 0 Å². The lowest BCUT2D eigenvalue weighted by molar-refractivity contribution is -0.197. The second-order valence-electron chi connectivity index (χ2n) is 18.6. The van der Waals surface area contributed by atoms with E-state index in [-0.39, 0.29) is 35.9 Å². The molecule has 8 heteroatoms. The minimum Gasteiger partial charge on any atom is -0.481 e. The van der Waals surface area contributed by atoms with E-state index in [1.807, 2.05) is 0 Å². The Hall–Kier alpha value is -1.77. The van der Waals surface area contributed by atoms with Crippen LogP contribution in [-0.2, 0) is 19.1 Å². The standard InChI is InChI=1S/C41H63N3O5/c1-26(2)34-20-31-21-39(25-45)33-12-11-27(3)32(33)22-40(31,41(34,39)38(47)48)36-19-30(18-28-8-5-6-9-28)35(49-36)24-43-13-7-10-29(23-43)37(46)44-16-14-42(4)15-17-44/h20,25-33,35-36H,5-19,21-24H2,1-4H3,(H,47,48)/t27-,29?,30?,31?,32-,33-,35?,36?,39?,40?,41+/m1/s1. The van der Waals surface area contributed by atoms with E-state index in [4.69, 9.17) is 4.74 Å². The van der Waals surface area contributed by atoms with Crippen molar-refractivity contribution in [3.8, 4) is 0 Å². The van der Waals surface area contributed by atoms with Crippen molar-refractivity contribution in [2.24, 2.45) is 63.6 Å². The average molecular weight is 678 g/mol. The number of amides is 1. The molecule has 1 N–H and O–H groups in total. The lowest BCUT2D eigenvalue weighted by Crippen LogP contribution is -2.65. The normalized spacial score (nSPS) is 45.7. The molecule has 0 radical (unpaired) electrons. The van der Waals surface area contributed by atoms with E-state index in [1.165, 1.54) is 25.7 Å². The molecule has 3 aliphatic heterocycles. The quantitative estimate of drug-likeness (QED) is 0.246. The third-order valence-corrected chi connectivity index (χ3v) is 16.2. The zero-order chi connectivity index (χ0) is 34.3. The van der Waals surface area contributed by atoms with Crippen molar-refractivity contribution in [1.82, 2.24) is 14.7 Å². The molecule has 7 fully saturated rings. The van der Waals surface area contributed by atoms with Crippen LogP contribution in [0.1, 0.15) is 97.8 Å². The topological polar surface area (TPSA) is 90.4 Å². The van der Waals surface area contributed by atoms with Gasteiger partial charge in [0.1, 0.15) is 11.7 Å². The van der Waals surface area contributed by atoms with E-state index in [1.54, 1.807) is 0 Å². The van der Waals surface area contributed by atoms with Crippen molar-refractivity contribution in [3.05, 3.63) is 11.6 Å². The maximum Gasteiger partial charge on any atom is 0.315 e. The molecular weight excluding hydrogens is 614 g/mol. The Bertz CT molecular complexity index is 1340. The van der Waals surface area contributed by atoms with Gasteiger partial charge in [0.05, 0.1) is 23.5 Å². The fraction of sp³-hybridized carbons (Fsp3) is 0.878. The minimum absolute atomic E-state index is 0.0372. The summed E-state index contributed by atoms with van der Waals surface area (Å²) in [5.41, 5.74) is -1.60. The molecule has 49 heavy (non-hydrogen) atoms. The number of carboxylic acid groups (broad SMARTS) is 1. The number of hydrogen-bond donors (Lipinski definition) is 1. The molecule has 3 saturated heterocycles. The summed E-state index contributed by atoms with van der Waals surface area (Å²) in [6, 6.07) is 0. The van der Waals surface area contributed by atoms with Crippen LogP contribution < -0.4 is 0 Å². The number of aliphatic carboxylic acids is 1. The number of likely N-dealkylation sites (N-methyl/N-ethyl adjacent to an activating group) is 1. The summed E-state index contributed by atoms with van der Waals surface area (Å²) in [7, 11) is 2.13. The summed E-state index contributed by atoms with van der Waals surface area (Å²) >= 11 is 0. The first-order valence-corrected chi connectivity index (χ1v) is 20.3. The van der Waals surface area contributed by atoms with Crippen molar-refractivity contribution >= 4 is 18.2 Å². The van der Waals surface area contributed by atoms with Crippen molar-refractivity contribution in [2.45, 2.75) is 110 Å². The average Bonchev–Trinajstić information content (AvgIpc) is 3.91. The van der Waals surface area contributed by atoms with Gasteiger partial charge in [-0.1, -0.05) is 64.5 Å². The number of carboxylic acids is 1. The van der Waals surface area contributed by atoms with Gasteiger partial charge in [0.15, 0.2) is 0 Å². The number of hydrogen-bond acceptors (Lipinski definition) is 6. The van der Waals surface area contributed by atoms with Crippen LogP contribution in [0.15, 0.2) is 11.6 Å². The highest BCUT2D eigenvalue weighted by Crippen LogP contribution is 2.84. The summed E-state index contributed by atoms with van der Waals surface area (Å²) in [6.45, 7) is 12.8. The second-order valence-corrected chi connectivity index (χ2v) is 18.6. The minimum atomic E-state index is -1.19. The number of rotatable bonds is 9. The van der Waals surface area contributed by atoms with Gasteiger partial charge in [0.2, 0.25) is 5.91 Å². The molecule has 8 rings (SSSR count). The number of carbonyl (C=O) groups is 3. The van der Waals surface area contributed by atoms with E-state index in [2.05, 4.69) is 48.6 Å². The van der Waals surface area contributed by atoms with Gasteiger partial charge in [0.25, 0.3) is 0 Å². The lowest BCUT2D eigenvalue weighted by Gasteiger charge is -2.60. The Balaban J connectivity index is 1.11. The Morgan fingerprint density at radius 3 is 2.47 bits per heavy atom. The Morgan fingerprint density at radius 1 is 1.02 bits per heavy atom. The van der Waals surface area contributed by atoms with E-state index in [0.29, 0.717) is 30.1 Å². The van der Waals surface area contributed by atoms with E-state index >= 15 is 0 Å². The zero-order valence-electron chi connectivity index (χ0n) is 30.8. The smallest absolute Gasteiger partial charge is 0.315 e. The number of piperazine rings is 1. The molecule has 4 saturated carbocycles. The Labute approximate surface area is 294 Å². The molecule has 272 valence electrons. The number of piperidine rings is 1. The molecule has 4 bridgehead atoms. The van der Waals surface area contributed by atoms with Crippen molar-refractivity contribution < 1.29 is 24.2 Å². The molecule has 0 aromatic carbocycles. The number of likely N-dealkylation sites (tertiary alicyclic amines) is 1. The Morgan fingerprint density at radius 2 is 1.78 bits per heavy atom. The van der Waals surface area contributed by atoms with Crippen LogP contribution in [0.25, 0.3) is 0 Å². The third kappa shape index (κ3) is 4.95. The van der Waals surface area contributed by atoms with Crippen LogP contribution >= 0.6 is 0 Å². The fourth-order valence-corrected chi connectivity index (χ4v) is 14.1. The van der Waals surface area contributed by atoms with Gasteiger partial charge in [-0.25, -0.2) is 0 Å².